The molecule has 1 aromatic rings. The predicted octanol–water partition coefficient (Wildman–Crippen LogP) is -6.28. The Hall–Kier alpha value is -1.96. The molecule has 2 fully saturated rings. The first kappa shape index (κ1) is 21.7. The van der Waals surface area contributed by atoms with Crippen molar-refractivity contribution < 1.29 is 53.8 Å². The van der Waals surface area contributed by atoms with E-state index in [2.05, 4.69) is 15.5 Å². The first-order valence-corrected chi connectivity index (χ1v) is 9.51. The maximum atomic E-state index is 12.5. The molecular weight excluding hydrogens is 413 g/mol. The largest absolute Gasteiger partial charge is 1.00 e. The van der Waals surface area contributed by atoms with Crippen LogP contribution in [0.25, 0.3) is 0 Å². The van der Waals surface area contributed by atoms with Gasteiger partial charge < -0.3 is 25.4 Å². The zero-order chi connectivity index (χ0) is 20.2. The van der Waals surface area contributed by atoms with E-state index in [1.807, 2.05) is 0 Å². The second kappa shape index (κ2) is 8.05. The Kier molecular flexibility index (Phi) is 6.03. The third-order valence-electron chi connectivity index (χ3n) is 5.29. The van der Waals surface area contributed by atoms with E-state index in [9.17, 15) is 24.3 Å². The van der Waals surface area contributed by atoms with Crippen molar-refractivity contribution in [3.8, 4) is 0 Å². The van der Waals surface area contributed by atoms with Crippen molar-refractivity contribution in [3.05, 3.63) is 11.3 Å². The number of nitrogens with zero attached hydrogens (tertiary/aromatic N) is 6. The fourth-order valence-electron chi connectivity index (χ4n) is 4.22. The molecule has 148 valence electrons. The molecule has 1 unspecified atom stereocenters. The number of nitrogens with two attached hydrogens (primary N) is 1. The fourth-order valence-corrected chi connectivity index (χ4v) is 5.20. The van der Waals surface area contributed by atoms with E-state index in [-0.39, 0.29) is 65.4 Å². The number of piperidine rings is 1. The Morgan fingerprint density at radius 3 is 2.69 bits per heavy atom. The van der Waals surface area contributed by atoms with Gasteiger partial charge in [0.2, 0.25) is 17.0 Å². The van der Waals surface area contributed by atoms with Gasteiger partial charge in [0, 0.05) is 25.1 Å². The summed E-state index contributed by atoms with van der Waals surface area (Å²) < 4.78 is 1.22. The Labute approximate surface area is 191 Å². The molecule has 14 heteroatoms. The van der Waals surface area contributed by atoms with Crippen molar-refractivity contribution in [3.63, 3.8) is 0 Å². The summed E-state index contributed by atoms with van der Waals surface area (Å²) in [4.78, 5) is 50.0. The van der Waals surface area contributed by atoms with E-state index >= 15 is 0 Å². The van der Waals surface area contributed by atoms with Crippen molar-refractivity contribution >= 4 is 35.5 Å². The second-order valence-electron chi connectivity index (χ2n) is 6.79. The average Bonchev–Trinajstić information content (AvgIpc) is 3.18. The van der Waals surface area contributed by atoms with Crippen molar-refractivity contribution in [2.45, 2.75) is 37.1 Å². The third-order valence-corrected chi connectivity index (χ3v) is 6.30. The van der Waals surface area contributed by atoms with Crippen molar-refractivity contribution in [1.29, 1.82) is 0 Å². The molecule has 4 heterocycles. The van der Waals surface area contributed by atoms with Crippen molar-refractivity contribution in [2.75, 3.05) is 12.3 Å². The minimum Gasteiger partial charge on any atom is -0.543 e. The van der Waals surface area contributed by atoms with E-state index in [1.165, 1.54) is 21.4 Å². The van der Waals surface area contributed by atoms with Gasteiger partial charge in [0.25, 0.3) is 5.91 Å². The average molecular weight is 429 g/mol. The van der Waals surface area contributed by atoms with Crippen LogP contribution in [0.3, 0.4) is 0 Å². The SMILES string of the molecule is CC(=O)N1CCC2C(CSc3nnnn3CC(N)=O)=C(C(=O)[O-])N3C(=O)[C@@H]1[C@@H]23.[Na+]. The maximum absolute atomic E-state index is 12.5. The number of hydrogen-bond acceptors (Lipinski definition) is 9. The summed E-state index contributed by atoms with van der Waals surface area (Å²) in [6.45, 7) is 1.58. The van der Waals surface area contributed by atoms with E-state index in [0.29, 0.717) is 23.7 Å². The normalized spacial score (nSPS) is 24.7. The monoisotopic (exact) mass is 429 g/mol. The number of rotatable bonds is 6. The third kappa shape index (κ3) is 3.45. The van der Waals surface area contributed by atoms with Gasteiger partial charge in [-0.3, -0.25) is 14.4 Å². The van der Waals surface area contributed by atoms with E-state index in [0.717, 1.165) is 11.8 Å². The number of aromatic nitrogens is 4. The molecule has 3 amide bonds. The molecule has 2 N–H and O–H groups in total. The molecule has 4 rings (SSSR count). The molecule has 0 spiro atoms. The Balaban J connectivity index is 0.00000240. The molecule has 3 aliphatic heterocycles. The number of carbonyl (C=O) groups excluding carboxylic acids is 4. The molecule has 1 aromatic heterocycles. The smallest absolute Gasteiger partial charge is 0.543 e. The van der Waals surface area contributed by atoms with Crippen LogP contribution < -0.4 is 40.4 Å². The van der Waals surface area contributed by atoms with Crippen LogP contribution in [0, 0.1) is 5.92 Å². The summed E-state index contributed by atoms with van der Waals surface area (Å²) in [5.74, 6) is -2.62. The van der Waals surface area contributed by atoms with Crippen LogP contribution >= 0.6 is 11.8 Å². The molecule has 0 bridgehead atoms. The van der Waals surface area contributed by atoms with Crippen LogP contribution in [0.5, 0.6) is 0 Å². The van der Waals surface area contributed by atoms with Gasteiger partial charge in [0.15, 0.2) is 0 Å². The Morgan fingerprint density at radius 1 is 1.34 bits per heavy atom. The van der Waals surface area contributed by atoms with Gasteiger partial charge in [-0.25, -0.2) is 4.68 Å². The number of carbonyl (C=O) groups is 4. The number of β-lactam (4-membered cyclic amide) rings is 1. The molecule has 12 nitrogen and oxygen atoms in total. The van der Waals surface area contributed by atoms with Crippen LogP contribution in [0.15, 0.2) is 16.4 Å². The van der Waals surface area contributed by atoms with Gasteiger partial charge in [-0.1, -0.05) is 11.8 Å². The Bertz CT molecular complexity index is 934. The molecule has 2 saturated heterocycles. The minimum atomic E-state index is -1.43. The molecule has 0 saturated carbocycles. The zero-order valence-electron chi connectivity index (χ0n) is 15.8. The summed E-state index contributed by atoms with van der Waals surface area (Å²) in [5.41, 5.74) is 5.58. The number of thioether (sulfide) groups is 1. The number of aliphatic carboxylic acids is 1. The standard InChI is InChI=1S/C15H17N7O5S.Na/c1-6(23)20-3-2-7-8(5-28-15-17-18-19-21(15)4-9(16)24)11(14(26)27)22-10(7)12(20)13(22)25;/h7,10,12H,2-5H2,1H3,(H2,16,24)(H,26,27);/q;+1/p-1/t7?,10-,12+;/m1./s1. The minimum absolute atomic E-state index is 0. The molecular formula is C15H16N7NaO5S. The number of tetrazole rings is 1. The van der Waals surface area contributed by atoms with Gasteiger partial charge in [-0.05, 0) is 22.4 Å². The number of carboxylic acid groups (broad SMARTS) is 1. The van der Waals surface area contributed by atoms with Gasteiger partial charge >= 0.3 is 29.6 Å². The van der Waals surface area contributed by atoms with Gasteiger partial charge in [0.05, 0.1) is 17.7 Å². The number of carboxylic acids is 1. The molecule has 0 radical (unpaired) electrons. The van der Waals surface area contributed by atoms with Crippen LogP contribution in [0.4, 0.5) is 0 Å². The van der Waals surface area contributed by atoms with Crippen molar-refractivity contribution in [1.82, 2.24) is 30.0 Å². The number of amides is 3. The van der Waals surface area contributed by atoms with Crippen molar-refractivity contribution in [2.24, 2.45) is 11.7 Å². The molecule has 0 aromatic carbocycles. The second-order valence-corrected chi connectivity index (χ2v) is 7.73. The maximum Gasteiger partial charge on any atom is 1.00 e. The topological polar surface area (TPSA) is 167 Å². The van der Waals surface area contributed by atoms with Crippen LogP contribution in [0.1, 0.15) is 13.3 Å². The van der Waals surface area contributed by atoms with Gasteiger partial charge in [-0.2, -0.15) is 0 Å². The first-order valence-electron chi connectivity index (χ1n) is 8.53. The quantitative estimate of drug-likeness (QED) is 0.263. The van der Waals surface area contributed by atoms with E-state index in [1.54, 1.807) is 0 Å². The number of primary amides is 1. The summed E-state index contributed by atoms with van der Waals surface area (Å²) in [5, 5.41) is 23.1. The molecule has 29 heavy (non-hydrogen) atoms. The summed E-state index contributed by atoms with van der Waals surface area (Å²) >= 11 is 1.15. The zero-order valence-corrected chi connectivity index (χ0v) is 18.6. The van der Waals surface area contributed by atoms with Crippen LogP contribution in [0.2, 0.25) is 0 Å². The number of hydrogen-bond donors (Lipinski definition) is 1. The van der Waals surface area contributed by atoms with E-state index < -0.39 is 23.8 Å². The Morgan fingerprint density at radius 2 is 2.07 bits per heavy atom. The first-order chi connectivity index (χ1) is 13.3. The predicted molar refractivity (Wildman–Crippen MR) is 89.7 cm³/mol. The van der Waals surface area contributed by atoms with Crippen LogP contribution in [-0.4, -0.2) is 78.1 Å². The summed E-state index contributed by atoms with van der Waals surface area (Å²) in [6.07, 6.45) is 0.545. The summed E-state index contributed by atoms with van der Waals surface area (Å²) in [7, 11) is 0. The molecule has 0 aliphatic carbocycles. The molecule has 3 atom stereocenters. The van der Waals surface area contributed by atoms with E-state index in [4.69, 9.17) is 5.73 Å². The van der Waals surface area contributed by atoms with Gasteiger partial charge in [-0.15, -0.1) is 5.10 Å². The number of likely N-dealkylation sites (tertiary alicyclic amines) is 1. The van der Waals surface area contributed by atoms with Crippen LogP contribution in [-0.2, 0) is 25.7 Å². The summed E-state index contributed by atoms with van der Waals surface area (Å²) in [6, 6.07) is -1.01. The van der Waals surface area contributed by atoms with Gasteiger partial charge in [0.1, 0.15) is 12.6 Å². The fraction of sp³-hybridized carbons (Fsp3) is 0.533. The molecule has 3 aliphatic rings.